The number of rotatable bonds is 7. The van der Waals surface area contributed by atoms with Gasteiger partial charge in [0.2, 0.25) is 5.91 Å². The monoisotopic (exact) mass is 263 g/mol. The summed E-state index contributed by atoms with van der Waals surface area (Å²) < 4.78 is 4.61. The zero-order chi connectivity index (χ0) is 14.1. The van der Waals surface area contributed by atoms with E-state index in [1.807, 2.05) is 37.3 Å². The number of aryl methyl sites for hydroxylation is 1. The van der Waals surface area contributed by atoms with E-state index in [1.54, 1.807) is 4.90 Å². The van der Waals surface area contributed by atoms with E-state index in [-0.39, 0.29) is 18.4 Å². The zero-order valence-electron chi connectivity index (χ0n) is 11.6. The molecule has 0 fully saturated rings. The Kier molecular flexibility index (Phi) is 6.64. The maximum atomic E-state index is 12.1. The molecule has 0 N–H and O–H groups in total. The second kappa shape index (κ2) is 8.29. The summed E-state index contributed by atoms with van der Waals surface area (Å²) in [5.74, 6) is -0.377. The molecule has 0 aliphatic rings. The maximum Gasteiger partial charge on any atom is 0.325 e. The molecular formula is C15H21NO3. The number of amides is 1. The van der Waals surface area contributed by atoms with Crippen LogP contribution in [0.4, 0.5) is 0 Å². The highest BCUT2D eigenvalue weighted by Gasteiger charge is 2.16. The molecule has 0 unspecified atom stereocenters. The molecule has 0 aliphatic heterocycles. The van der Waals surface area contributed by atoms with Crippen molar-refractivity contribution < 1.29 is 14.3 Å². The number of methoxy groups -OCH3 is 1. The third kappa shape index (κ3) is 5.55. The minimum atomic E-state index is -0.374. The molecule has 1 amide bonds. The molecule has 4 heteroatoms. The first-order valence-electron chi connectivity index (χ1n) is 6.56. The van der Waals surface area contributed by atoms with Gasteiger partial charge in [-0.1, -0.05) is 37.3 Å². The Morgan fingerprint density at radius 3 is 2.47 bits per heavy atom. The van der Waals surface area contributed by atoms with Gasteiger partial charge in [0.25, 0.3) is 0 Å². The number of carbonyl (C=O) groups is 2. The van der Waals surface area contributed by atoms with Crippen molar-refractivity contribution in [1.82, 2.24) is 4.90 Å². The van der Waals surface area contributed by atoms with Gasteiger partial charge in [-0.2, -0.15) is 0 Å². The van der Waals surface area contributed by atoms with E-state index in [2.05, 4.69) is 4.74 Å². The van der Waals surface area contributed by atoms with Crippen LogP contribution < -0.4 is 0 Å². The highest BCUT2D eigenvalue weighted by atomic mass is 16.5. The number of carbonyl (C=O) groups excluding carboxylic acids is 2. The summed E-state index contributed by atoms with van der Waals surface area (Å²) in [6.07, 6.45) is 1.94. The van der Waals surface area contributed by atoms with Crippen molar-refractivity contribution in [2.45, 2.75) is 26.2 Å². The van der Waals surface area contributed by atoms with Gasteiger partial charge in [-0.15, -0.1) is 0 Å². The number of nitrogens with zero attached hydrogens (tertiary/aromatic N) is 1. The van der Waals surface area contributed by atoms with Crippen LogP contribution in [0, 0.1) is 0 Å². The highest BCUT2D eigenvalue weighted by Crippen LogP contribution is 2.05. The molecule has 4 nitrogen and oxygen atoms in total. The molecular weight excluding hydrogens is 242 g/mol. The lowest BCUT2D eigenvalue weighted by Gasteiger charge is -2.20. The summed E-state index contributed by atoms with van der Waals surface area (Å²) in [6.45, 7) is 2.61. The van der Waals surface area contributed by atoms with E-state index in [9.17, 15) is 9.59 Å². The van der Waals surface area contributed by atoms with Gasteiger partial charge in [0.1, 0.15) is 6.54 Å². The van der Waals surface area contributed by atoms with Gasteiger partial charge in [0, 0.05) is 13.0 Å². The highest BCUT2D eigenvalue weighted by molar-refractivity contribution is 5.82. The molecule has 0 radical (unpaired) electrons. The van der Waals surface area contributed by atoms with Crippen LogP contribution in [0.2, 0.25) is 0 Å². The Bertz CT molecular complexity index is 403. The Labute approximate surface area is 114 Å². The average Bonchev–Trinajstić information content (AvgIpc) is 2.45. The van der Waals surface area contributed by atoms with E-state index in [1.165, 1.54) is 7.11 Å². The number of ether oxygens (including phenoxy) is 1. The fourth-order valence-electron chi connectivity index (χ4n) is 1.84. The first-order valence-corrected chi connectivity index (χ1v) is 6.56. The van der Waals surface area contributed by atoms with Crippen LogP contribution in [0.5, 0.6) is 0 Å². The number of hydrogen-bond donors (Lipinski definition) is 0. The Balaban J connectivity index is 2.50. The first-order chi connectivity index (χ1) is 9.17. The van der Waals surface area contributed by atoms with Crippen molar-refractivity contribution >= 4 is 11.9 Å². The predicted octanol–water partition coefficient (Wildman–Crippen LogP) is 2.03. The van der Waals surface area contributed by atoms with Crippen LogP contribution in [-0.2, 0) is 20.7 Å². The number of benzene rings is 1. The van der Waals surface area contributed by atoms with E-state index < -0.39 is 0 Å². The SMILES string of the molecule is CCCN(CC(=O)OC)C(=O)CCc1ccccc1. The smallest absolute Gasteiger partial charge is 0.325 e. The van der Waals surface area contributed by atoms with Gasteiger partial charge >= 0.3 is 5.97 Å². The van der Waals surface area contributed by atoms with Crippen LogP contribution >= 0.6 is 0 Å². The molecule has 1 aromatic carbocycles. The summed E-state index contributed by atoms with van der Waals surface area (Å²) >= 11 is 0. The minimum absolute atomic E-state index is 0.00361. The van der Waals surface area contributed by atoms with Crippen molar-refractivity contribution in [3.05, 3.63) is 35.9 Å². The third-order valence-electron chi connectivity index (χ3n) is 2.86. The molecule has 0 saturated carbocycles. The molecule has 0 atom stereocenters. The lowest BCUT2D eigenvalue weighted by molar-refractivity contribution is -0.147. The predicted molar refractivity (Wildman–Crippen MR) is 73.7 cm³/mol. The summed E-state index contributed by atoms with van der Waals surface area (Å²) in [5, 5.41) is 0. The maximum absolute atomic E-state index is 12.1. The van der Waals surface area contributed by atoms with Gasteiger partial charge in [0.05, 0.1) is 7.11 Å². The van der Waals surface area contributed by atoms with E-state index in [0.29, 0.717) is 19.4 Å². The fraction of sp³-hybridized carbons (Fsp3) is 0.467. The molecule has 1 aromatic rings. The van der Waals surface area contributed by atoms with Crippen molar-refractivity contribution in [3.63, 3.8) is 0 Å². The Hall–Kier alpha value is -1.84. The normalized spacial score (nSPS) is 10.0. The number of hydrogen-bond acceptors (Lipinski definition) is 3. The van der Waals surface area contributed by atoms with E-state index >= 15 is 0 Å². The summed E-state index contributed by atoms with van der Waals surface area (Å²) in [4.78, 5) is 24.9. The van der Waals surface area contributed by atoms with Crippen LogP contribution in [0.3, 0.4) is 0 Å². The van der Waals surface area contributed by atoms with E-state index in [4.69, 9.17) is 0 Å². The molecule has 0 spiro atoms. The van der Waals surface area contributed by atoms with Gasteiger partial charge in [-0.25, -0.2) is 0 Å². The Morgan fingerprint density at radius 1 is 1.21 bits per heavy atom. The minimum Gasteiger partial charge on any atom is -0.468 e. The van der Waals surface area contributed by atoms with E-state index in [0.717, 1.165) is 12.0 Å². The molecule has 0 heterocycles. The third-order valence-corrected chi connectivity index (χ3v) is 2.86. The lowest BCUT2D eigenvalue weighted by atomic mass is 10.1. The van der Waals surface area contributed by atoms with Crippen molar-refractivity contribution in [2.75, 3.05) is 20.2 Å². The van der Waals surface area contributed by atoms with Crippen LogP contribution in [0.1, 0.15) is 25.3 Å². The fourth-order valence-corrected chi connectivity index (χ4v) is 1.84. The summed E-state index contributed by atoms with van der Waals surface area (Å²) in [6, 6.07) is 9.86. The number of esters is 1. The van der Waals surface area contributed by atoms with Gasteiger partial charge in [0.15, 0.2) is 0 Å². The van der Waals surface area contributed by atoms with Gasteiger partial charge < -0.3 is 9.64 Å². The average molecular weight is 263 g/mol. The molecule has 19 heavy (non-hydrogen) atoms. The van der Waals surface area contributed by atoms with Crippen molar-refractivity contribution in [2.24, 2.45) is 0 Å². The topological polar surface area (TPSA) is 46.6 Å². The van der Waals surface area contributed by atoms with Crippen molar-refractivity contribution in [1.29, 1.82) is 0 Å². The largest absolute Gasteiger partial charge is 0.468 e. The molecule has 0 aliphatic carbocycles. The standard InChI is InChI=1S/C15H21NO3/c1-3-11-16(12-15(18)19-2)14(17)10-9-13-7-5-4-6-8-13/h4-8H,3,9-12H2,1-2H3. The molecule has 104 valence electrons. The quantitative estimate of drug-likeness (QED) is 0.707. The lowest BCUT2D eigenvalue weighted by Crippen LogP contribution is -2.36. The summed E-state index contributed by atoms with van der Waals surface area (Å²) in [5.41, 5.74) is 1.13. The van der Waals surface area contributed by atoms with Crippen LogP contribution in [0.25, 0.3) is 0 Å². The first kappa shape index (κ1) is 15.2. The Morgan fingerprint density at radius 2 is 1.89 bits per heavy atom. The van der Waals surface area contributed by atoms with Crippen LogP contribution in [0.15, 0.2) is 30.3 Å². The molecule has 0 saturated heterocycles. The van der Waals surface area contributed by atoms with Gasteiger partial charge in [-0.05, 0) is 18.4 Å². The second-order valence-electron chi connectivity index (χ2n) is 4.38. The zero-order valence-corrected chi connectivity index (χ0v) is 11.6. The van der Waals surface area contributed by atoms with Crippen molar-refractivity contribution in [3.8, 4) is 0 Å². The molecule has 0 aromatic heterocycles. The molecule has 1 rings (SSSR count). The van der Waals surface area contributed by atoms with Crippen LogP contribution in [-0.4, -0.2) is 37.0 Å². The second-order valence-corrected chi connectivity index (χ2v) is 4.38. The molecule has 0 bridgehead atoms. The van der Waals surface area contributed by atoms with Gasteiger partial charge in [-0.3, -0.25) is 9.59 Å². The summed E-state index contributed by atoms with van der Waals surface area (Å²) in [7, 11) is 1.33.